The Balaban J connectivity index is 1.95. The third kappa shape index (κ3) is 3.04. The monoisotopic (exact) mass is 232 g/mol. The average molecular weight is 232 g/mol. The molecule has 1 aromatic carbocycles. The fourth-order valence-electron chi connectivity index (χ4n) is 1.59. The second-order valence-corrected chi connectivity index (χ2v) is 3.87. The lowest BCUT2D eigenvalue weighted by atomic mass is 10.2. The molecule has 2 rings (SSSR count). The van der Waals surface area contributed by atoms with Gasteiger partial charge in [-0.3, -0.25) is 0 Å². The van der Waals surface area contributed by atoms with Gasteiger partial charge in [0.05, 0.1) is 25.9 Å². The van der Waals surface area contributed by atoms with Crippen molar-refractivity contribution in [1.82, 2.24) is 15.0 Å². The Labute approximate surface area is 100 Å². The molecule has 17 heavy (non-hydrogen) atoms. The third-order valence-electron chi connectivity index (χ3n) is 2.52. The van der Waals surface area contributed by atoms with Crippen LogP contribution in [0, 0.1) is 6.92 Å². The third-order valence-corrected chi connectivity index (χ3v) is 2.52. The molecule has 2 N–H and O–H groups in total. The van der Waals surface area contributed by atoms with Gasteiger partial charge >= 0.3 is 0 Å². The minimum absolute atomic E-state index is 0.0774. The van der Waals surface area contributed by atoms with Crippen molar-refractivity contribution in [2.75, 3.05) is 11.9 Å². The number of nitrogens with zero attached hydrogens (tertiary/aromatic N) is 3. The molecule has 0 amide bonds. The van der Waals surface area contributed by atoms with Crippen molar-refractivity contribution in [3.05, 3.63) is 41.7 Å². The van der Waals surface area contributed by atoms with Gasteiger partial charge < -0.3 is 10.4 Å². The molecule has 0 bridgehead atoms. The highest BCUT2D eigenvalue weighted by Gasteiger charge is 2.01. The van der Waals surface area contributed by atoms with Gasteiger partial charge in [-0.2, -0.15) is 0 Å². The van der Waals surface area contributed by atoms with E-state index in [9.17, 15) is 0 Å². The molecular weight excluding hydrogens is 216 g/mol. The number of aliphatic hydroxyl groups is 1. The lowest BCUT2D eigenvalue weighted by molar-refractivity contribution is 0.268. The van der Waals surface area contributed by atoms with E-state index in [1.54, 1.807) is 4.68 Å². The summed E-state index contributed by atoms with van der Waals surface area (Å²) in [5.74, 6) is 0. The van der Waals surface area contributed by atoms with Gasteiger partial charge in [-0.05, 0) is 18.6 Å². The van der Waals surface area contributed by atoms with Crippen LogP contribution in [0.15, 0.2) is 30.5 Å². The molecule has 0 aliphatic rings. The molecule has 90 valence electrons. The summed E-state index contributed by atoms with van der Waals surface area (Å²) in [7, 11) is 0. The van der Waals surface area contributed by atoms with Crippen LogP contribution >= 0.6 is 0 Å². The molecule has 0 radical (unpaired) electrons. The first-order chi connectivity index (χ1) is 8.29. The lowest BCUT2D eigenvalue weighted by Gasteiger charge is -2.06. The lowest BCUT2D eigenvalue weighted by Crippen LogP contribution is -2.02. The number of nitrogens with one attached hydrogen (secondary N) is 1. The summed E-state index contributed by atoms with van der Waals surface area (Å²) in [5, 5.41) is 20.0. The highest BCUT2D eigenvalue weighted by atomic mass is 16.3. The summed E-state index contributed by atoms with van der Waals surface area (Å²) in [6, 6.07) is 8.11. The van der Waals surface area contributed by atoms with Gasteiger partial charge in [0, 0.05) is 5.69 Å². The minimum Gasteiger partial charge on any atom is -0.394 e. The Morgan fingerprint density at radius 3 is 2.94 bits per heavy atom. The summed E-state index contributed by atoms with van der Waals surface area (Å²) in [6.45, 7) is 3.26. The fraction of sp³-hybridized carbons (Fsp3) is 0.333. The van der Waals surface area contributed by atoms with E-state index in [-0.39, 0.29) is 6.61 Å². The molecule has 0 unspecified atom stereocenters. The summed E-state index contributed by atoms with van der Waals surface area (Å²) in [6.07, 6.45) is 1.83. The molecule has 1 heterocycles. The van der Waals surface area contributed by atoms with Gasteiger partial charge in [0.15, 0.2) is 0 Å². The van der Waals surface area contributed by atoms with Crippen molar-refractivity contribution in [2.24, 2.45) is 0 Å². The Morgan fingerprint density at radius 2 is 2.18 bits per heavy atom. The average Bonchev–Trinajstić information content (AvgIpc) is 2.76. The van der Waals surface area contributed by atoms with E-state index in [4.69, 9.17) is 5.11 Å². The van der Waals surface area contributed by atoms with Gasteiger partial charge in [0.1, 0.15) is 5.69 Å². The van der Waals surface area contributed by atoms with Crippen LogP contribution in [0.5, 0.6) is 0 Å². The highest BCUT2D eigenvalue weighted by Crippen LogP contribution is 2.13. The maximum absolute atomic E-state index is 8.77. The number of aliphatic hydroxyl groups excluding tert-OH is 1. The first-order valence-corrected chi connectivity index (χ1v) is 5.59. The van der Waals surface area contributed by atoms with E-state index < -0.39 is 0 Å². The molecule has 5 nitrogen and oxygen atoms in total. The molecule has 1 aromatic heterocycles. The standard InChI is InChI=1S/C12H16N4O/c1-10-4-2-3-5-12(10)13-8-11-9-16(6-7-17)15-14-11/h2-5,9,13,17H,6-8H2,1H3. The van der Waals surface area contributed by atoms with Crippen LogP contribution in [0.3, 0.4) is 0 Å². The number of benzene rings is 1. The number of para-hydroxylation sites is 1. The number of aryl methyl sites for hydroxylation is 1. The zero-order valence-corrected chi connectivity index (χ0v) is 9.80. The van der Waals surface area contributed by atoms with Gasteiger partial charge in [0.2, 0.25) is 0 Å². The zero-order chi connectivity index (χ0) is 12.1. The van der Waals surface area contributed by atoms with Crippen molar-refractivity contribution in [3.8, 4) is 0 Å². The topological polar surface area (TPSA) is 63.0 Å². The van der Waals surface area contributed by atoms with Gasteiger partial charge in [0.25, 0.3) is 0 Å². The number of anilines is 1. The van der Waals surface area contributed by atoms with Crippen molar-refractivity contribution < 1.29 is 5.11 Å². The highest BCUT2D eigenvalue weighted by molar-refractivity contribution is 5.50. The van der Waals surface area contributed by atoms with E-state index in [0.717, 1.165) is 11.4 Å². The van der Waals surface area contributed by atoms with Crippen molar-refractivity contribution in [3.63, 3.8) is 0 Å². The van der Waals surface area contributed by atoms with E-state index in [0.29, 0.717) is 13.1 Å². The van der Waals surface area contributed by atoms with Crippen LogP contribution in [0.4, 0.5) is 5.69 Å². The van der Waals surface area contributed by atoms with Gasteiger partial charge in [-0.15, -0.1) is 5.10 Å². The second-order valence-electron chi connectivity index (χ2n) is 3.87. The van der Waals surface area contributed by atoms with Crippen molar-refractivity contribution in [2.45, 2.75) is 20.0 Å². The van der Waals surface area contributed by atoms with E-state index in [2.05, 4.69) is 28.6 Å². The molecular formula is C12H16N4O. The summed E-state index contributed by atoms with van der Waals surface area (Å²) in [5.41, 5.74) is 3.17. The van der Waals surface area contributed by atoms with Crippen LogP contribution in [-0.2, 0) is 13.1 Å². The Bertz CT molecular complexity index is 481. The van der Waals surface area contributed by atoms with Gasteiger partial charge in [-0.25, -0.2) is 4.68 Å². The molecule has 0 aliphatic carbocycles. The quantitative estimate of drug-likeness (QED) is 0.813. The normalized spacial score (nSPS) is 10.5. The van der Waals surface area contributed by atoms with Crippen molar-refractivity contribution >= 4 is 5.69 Å². The van der Waals surface area contributed by atoms with Crippen LogP contribution in [0.2, 0.25) is 0 Å². The molecule has 0 saturated carbocycles. The predicted octanol–water partition coefficient (Wildman–Crippen LogP) is 1.19. The number of hydrogen-bond acceptors (Lipinski definition) is 4. The maximum Gasteiger partial charge on any atom is 0.102 e. The van der Waals surface area contributed by atoms with Crippen LogP contribution in [0.25, 0.3) is 0 Å². The molecule has 0 atom stereocenters. The Morgan fingerprint density at radius 1 is 1.35 bits per heavy atom. The summed E-state index contributed by atoms with van der Waals surface area (Å²) in [4.78, 5) is 0. The molecule has 0 fully saturated rings. The Hall–Kier alpha value is -1.88. The van der Waals surface area contributed by atoms with Gasteiger partial charge in [-0.1, -0.05) is 23.4 Å². The smallest absolute Gasteiger partial charge is 0.102 e. The number of rotatable bonds is 5. The first-order valence-electron chi connectivity index (χ1n) is 5.59. The fourth-order valence-corrected chi connectivity index (χ4v) is 1.59. The minimum atomic E-state index is 0.0774. The van der Waals surface area contributed by atoms with E-state index in [1.165, 1.54) is 5.56 Å². The SMILES string of the molecule is Cc1ccccc1NCc1cn(CCO)nn1. The van der Waals surface area contributed by atoms with Crippen LogP contribution < -0.4 is 5.32 Å². The predicted molar refractivity (Wildman–Crippen MR) is 65.6 cm³/mol. The maximum atomic E-state index is 8.77. The molecule has 0 saturated heterocycles. The van der Waals surface area contributed by atoms with Crippen LogP contribution in [-0.4, -0.2) is 26.7 Å². The number of hydrogen-bond donors (Lipinski definition) is 2. The molecule has 5 heteroatoms. The molecule has 0 spiro atoms. The second kappa shape index (κ2) is 5.45. The number of aromatic nitrogens is 3. The summed E-state index contributed by atoms with van der Waals surface area (Å²) >= 11 is 0. The first kappa shape index (κ1) is 11.6. The van der Waals surface area contributed by atoms with E-state index >= 15 is 0 Å². The molecule has 2 aromatic rings. The van der Waals surface area contributed by atoms with E-state index in [1.807, 2.05) is 24.4 Å². The van der Waals surface area contributed by atoms with Crippen LogP contribution in [0.1, 0.15) is 11.3 Å². The zero-order valence-electron chi connectivity index (χ0n) is 9.80. The summed E-state index contributed by atoms with van der Waals surface area (Å²) < 4.78 is 1.63. The molecule has 0 aliphatic heterocycles. The van der Waals surface area contributed by atoms with Crippen molar-refractivity contribution in [1.29, 1.82) is 0 Å². The largest absolute Gasteiger partial charge is 0.394 e. The Kier molecular flexibility index (Phi) is 3.72.